The summed E-state index contributed by atoms with van der Waals surface area (Å²) < 4.78 is 2.38. The Morgan fingerprint density at radius 2 is 1.00 bits per heavy atom. The number of aromatic amines is 1. The summed E-state index contributed by atoms with van der Waals surface area (Å²) in [6.45, 7) is 0. The van der Waals surface area contributed by atoms with Gasteiger partial charge in [-0.05, 0) is 0 Å². The second kappa shape index (κ2) is 7.77. The monoisotopic (exact) mass is 410 g/mol. The van der Waals surface area contributed by atoms with Crippen molar-refractivity contribution in [3.63, 3.8) is 0 Å². The van der Waals surface area contributed by atoms with Crippen LogP contribution in [0.4, 0.5) is 0 Å². The quantitative estimate of drug-likeness (QED) is 0.449. The molecule has 0 unspecified atom stereocenters. The van der Waals surface area contributed by atoms with Crippen LogP contribution in [-0.4, -0.2) is 4.98 Å². The Labute approximate surface area is 159 Å². The molecule has 4 heteroatoms. The van der Waals surface area contributed by atoms with Gasteiger partial charge in [0.1, 0.15) is 0 Å². The molecular weight excluding hydrogens is 391 g/mol. The van der Waals surface area contributed by atoms with Crippen LogP contribution in [0.2, 0.25) is 0 Å². The fraction of sp³-hybridized carbons (Fsp3) is 0. The standard InChI is InChI=1S/C21H19N2P.BrH/c1-4-10-19(11-5-1)24(23-17-16-22-18-23,20-12-6-2-7-13-20)21-14-8-3-9-15-21;/h1-18,24H;1H. The zero-order chi connectivity index (χ0) is 16.2. The van der Waals surface area contributed by atoms with Gasteiger partial charge in [-0.25, -0.2) is 0 Å². The van der Waals surface area contributed by atoms with Gasteiger partial charge in [0.25, 0.3) is 0 Å². The van der Waals surface area contributed by atoms with Gasteiger partial charge in [0.05, 0.1) is 0 Å². The Morgan fingerprint density at radius 3 is 1.32 bits per heavy atom. The summed E-state index contributed by atoms with van der Waals surface area (Å²) >= 11 is 0. The molecule has 0 spiro atoms. The van der Waals surface area contributed by atoms with Crippen molar-refractivity contribution in [3.8, 4) is 0 Å². The van der Waals surface area contributed by atoms with Crippen molar-refractivity contribution >= 4 is 23.3 Å². The third kappa shape index (κ3) is 3.06. The van der Waals surface area contributed by atoms with Crippen molar-refractivity contribution < 1.29 is 21.3 Å². The topological polar surface area (TPSA) is 19.7 Å². The van der Waals surface area contributed by atoms with Gasteiger partial charge in [-0.3, -0.25) is 0 Å². The molecule has 0 radical (unpaired) electrons. The average Bonchev–Trinajstić information content (AvgIpc) is 3.20. The Balaban J connectivity index is 0.00000182. The minimum absolute atomic E-state index is 0. The first-order valence-electron chi connectivity index (χ1n) is 8.13. The molecule has 4 rings (SSSR count). The number of nitrogens with zero attached hydrogens (tertiary/aromatic N) is 1. The van der Waals surface area contributed by atoms with Crippen LogP contribution in [0.15, 0.2) is 110 Å². The predicted octanol–water partition coefficient (Wildman–Crippen LogP) is -0.204. The molecule has 0 atom stereocenters. The van der Waals surface area contributed by atoms with Crippen molar-refractivity contribution in [3.05, 3.63) is 110 Å². The molecule has 3 aromatic carbocycles. The summed E-state index contributed by atoms with van der Waals surface area (Å²) in [5.41, 5.74) is 0. The second-order valence-corrected chi connectivity index (χ2v) is 9.50. The van der Waals surface area contributed by atoms with Gasteiger partial charge >= 0.3 is 142 Å². The summed E-state index contributed by atoms with van der Waals surface area (Å²) in [5.74, 6) is 0. The van der Waals surface area contributed by atoms with Crippen LogP contribution in [0, 0.1) is 0 Å². The molecule has 1 heterocycles. The number of hydrogen-bond acceptors (Lipinski definition) is 0. The van der Waals surface area contributed by atoms with Crippen LogP contribution in [0.5, 0.6) is 0 Å². The third-order valence-corrected chi connectivity index (χ3v) is 9.07. The normalized spacial score (nSPS) is 11.5. The fourth-order valence-electron chi connectivity index (χ4n) is 3.48. The molecule has 0 fully saturated rings. The number of benzene rings is 3. The second-order valence-electron chi connectivity index (χ2n) is 5.83. The van der Waals surface area contributed by atoms with Crippen molar-refractivity contribution in [1.29, 1.82) is 0 Å². The van der Waals surface area contributed by atoms with Crippen LogP contribution in [0.25, 0.3) is 0 Å². The predicted molar refractivity (Wildman–Crippen MR) is 103 cm³/mol. The molecule has 4 aromatic rings. The third-order valence-electron chi connectivity index (χ3n) is 4.51. The number of aromatic nitrogens is 2. The number of imidazole rings is 1. The van der Waals surface area contributed by atoms with E-state index in [1.807, 2.05) is 6.20 Å². The maximum absolute atomic E-state index is 3.24. The van der Waals surface area contributed by atoms with Gasteiger partial charge < -0.3 is 17.0 Å². The Hall–Kier alpha value is -2.22. The van der Waals surface area contributed by atoms with Crippen LogP contribution in [0.1, 0.15) is 0 Å². The first-order chi connectivity index (χ1) is 11.9. The van der Waals surface area contributed by atoms with Gasteiger partial charge in [-0.15, -0.1) is 0 Å². The SMILES string of the molecule is [Br-].c1ccc([PH](c2ccccc2)(c2ccccc2)[n+]2cc[nH]c2)cc1. The molecule has 0 saturated carbocycles. The molecule has 25 heavy (non-hydrogen) atoms. The molecule has 0 bridgehead atoms. The fourth-order valence-corrected chi connectivity index (χ4v) is 7.97. The molecule has 0 saturated heterocycles. The van der Waals surface area contributed by atoms with Gasteiger partial charge in [0.2, 0.25) is 0 Å². The van der Waals surface area contributed by atoms with Gasteiger partial charge in [0, 0.05) is 0 Å². The maximum atomic E-state index is 3.24. The first-order valence-corrected chi connectivity index (χ1v) is 10.1. The van der Waals surface area contributed by atoms with Crippen LogP contribution >= 0.6 is 7.41 Å². The van der Waals surface area contributed by atoms with Crippen molar-refractivity contribution in [2.24, 2.45) is 0 Å². The van der Waals surface area contributed by atoms with Crippen molar-refractivity contribution in [1.82, 2.24) is 4.98 Å². The van der Waals surface area contributed by atoms with E-state index in [4.69, 9.17) is 0 Å². The number of rotatable bonds is 4. The van der Waals surface area contributed by atoms with Gasteiger partial charge in [0.15, 0.2) is 0 Å². The van der Waals surface area contributed by atoms with E-state index < -0.39 is 7.41 Å². The van der Waals surface area contributed by atoms with Crippen LogP contribution in [-0.2, 0) is 0 Å². The number of nitrogens with one attached hydrogen (secondary N) is 1. The summed E-state index contributed by atoms with van der Waals surface area (Å²) in [7, 11) is -2.36. The van der Waals surface area contributed by atoms with E-state index in [9.17, 15) is 0 Å². The Morgan fingerprint density at radius 1 is 0.600 bits per heavy atom. The molecule has 1 aromatic heterocycles. The van der Waals surface area contributed by atoms with Crippen LogP contribution in [0.3, 0.4) is 0 Å². The molecule has 0 aliphatic heterocycles. The summed E-state index contributed by atoms with van der Waals surface area (Å²) in [6.07, 6.45) is 6.23. The van der Waals surface area contributed by atoms with Crippen molar-refractivity contribution in [2.75, 3.05) is 0 Å². The van der Waals surface area contributed by atoms with Gasteiger partial charge in [-0.2, -0.15) is 0 Å². The zero-order valence-electron chi connectivity index (χ0n) is 13.7. The molecule has 0 amide bonds. The summed E-state index contributed by atoms with van der Waals surface area (Å²) in [6, 6.07) is 32.6. The number of halogens is 1. The van der Waals surface area contributed by atoms with Gasteiger partial charge in [-0.1, -0.05) is 0 Å². The average molecular weight is 411 g/mol. The summed E-state index contributed by atoms with van der Waals surface area (Å²) in [5, 5.41) is 4.10. The van der Waals surface area contributed by atoms with E-state index in [-0.39, 0.29) is 17.0 Å². The van der Waals surface area contributed by atoms with E-state index in [1.54, 1.807) is 0 Å². The molecule has 2 nitrogen and oxygen atoms in total. The van der Waals surface area contributed by atoms with E-state index in [0.29, 0.717) is 0 Å². The molecule has 0 aliphatic rings. The zero-order valence-corrected chi connectivity index (χ0v) is 16.3. The number of hydrogen-bond donors (Lipinski definition) is 1. The van der Waals surface area contributed by atoms with E-state index in [0.717, 1.165) is 0 Å². The van der Waals surface area contributed by atoms with Crippen molar-refractivity contribution in [2.45, 2.75) is 0 Å². The first kappa shape index (κ1) is 17.6. The summed E-state index contributed by atoms with van der Waals surface area (Å²) in [4.78, 5) is 3.24. The molecular formula is C21H20BrN2P. The van der Waals surface area contributed by atoms with E-state index >= 15 is 0 Å². The van der Waals surface area contributed by atoms with E-state index in [2.05, 4.69) is 113 Å². The van der Waals surface area contributed by atoms with E-state index in [1.165, 1.54) is 15.9 Å². The molecule has 0 aliphatic carbocycles. The van der Waals surface area contributed by atoms with Crippen LogP contribution < -0.4 is 37.2 Å². The Kier molecular flexibility index (Phi) is 5.47. The minimum atomic E-state index is -2.36. The molecule has 126 valence electrons. The molecule has 1 N–H and O–H groups in total. The Bertz CT molecular complexity index is 798. The number of H-pyrrole nitrogens is 1.